The Labute approximate surface area is 161 Å². The molecule has 3 rings (SSSR count). The number of aliphatic hydroxyl groups excluding tert-OH is 2. The summed E-state index contributed by atoms with van der Waals surface area (Å²) >= 11 is 0. The number of imidazole rings is 1. The van der Waals surface area contributed by atoms with Gasteiger partial charge in [-0.25, -0.2) is 4.98 Å². The third-order valence-electron chi connectivity index (χ3n) is 3.46. The summed E-state index contributed by atoms with van der Waals surface area (Å²) in [6.45, 7) is -0.721. The van der Waals surface area contributed by atoms with E-state index in [1.165, 1.54) is 0 Å². The first kappa shape index (κ1) is 20.5. The zero-order valence-corrected chi connectivity index (χ0v) is 15.7. The number of hydrogen-bond acceptors (Lipinski definition) is 11. The molecular weight excluding hydrogens is 372 g/mol. The van der Waals surface area contributed by atoms with Crippen molar-refractivity contribution >= 4 is 24.9 Å². The van der Waals surface area contributed by atoms with Gasteiger partial charge in [-0.05, 0) is 0 Å². The molecule has 0 bridgehead atoms. The van der Waals surface area contributed by atoms with Gasteiger partial charge >= 0.3 is 29.6 Å². The fraction of sp³-hybridized carbons (Fsp3) is 0.500. The molecule has 0 aliphatic carbocycles. The van der Waals surface area contributed by atoms with Crippen LogP contribution >= 0.6 is 7.82 Å². The number of nitrogen functional groups attached to an aromatic ring is 1. The maximum atomic E-state index is 11.7. The first-order valence-electron chi connectivity index (χ1n) is 6.58. The number of anilines is 1. The van der Waals surface area contributed by atoms with Crippen LogP contribution < -0.4 is 50.6 Å². The standard InChI is InChI=1S/C10H14N5O8P.Na/c11-10-13-7-4(8(18)14-10)12-2-15(7)9-5(17)6(3(1-16)22-9)23-24(19,20)21;/h2-3,5-6,9,16-17H,1H2,(H2,19,20,21)(H3,11,13,14,18);/q;+1/p-2/t3-,5-,6-,9-;/m1./s1. The van der Waals surface area contributed by atoms with Gasteiger partial charge in [0.25, 0.3) is 5.56 Å². The number of phosphoric ester groups is 1. The van der Waals surface area contributed by atoms with Crippen molar-refractivity contribution in [3.05, 3.63) is 16.7 Å². The fourth-order valence-corrected chi connectivity index (χ4v) is 3.06. The second kappa shape index (κ2) is 7.40. The maximum absolute atomic E-state index is 11.7. The molecule has 2 aromatic rings. The average molecular weight is 384 g/mol. The number of rotatable bonds is 4. The van der Waals surface area contributed by atoms with Crippen LogP contribution in [0.15, 0.2) is 11.1 Å². The van der Waals surface area contributed by atoms with E-state index in [4.69, 9.17) is 10.5 Å². The summed E-state index contributed by atoms with van der Waals surface area (Å²) in [5.41, 5.74) is 4.70. The number of aliphatic hydroxyl groups is 2. The summed E-state index contributed by atoms with van der Waals surface area (Å²) in [6.07, 6.45) is -4.77. The number of aromatic amines is 1. The molecule has 1 aliphatic heterocycles. The van der Waals surface area contributed by atoms with Gasteiger partial charge in [-0.2, -0.15) is 4.98 Å². The van der Waals surface area contributed by atoms with Gasteiger partial charge in [0.15, 0.2) is 17.4 Å². The topological polar surface area (TPSA) is 212 Å². The first-order chi connectivity index (χ1) is 11.2. The molecule has 3 heterocycles. The van der Waals surface area contributed by atoms with E-state index >= 15 is 0 Å². The van der Waals surface area contributed by atoms with Gasteiger partial charge in [0, 0.05) is 0 Å². The fourth-order valence-electron chi connectivity index (χ4n) is 2.50. The zero-order valence-electron chi connectivity index (χ0n) is 12.8. The van der Waals surface area contributed by atoms with Crippen LogP contribution in [-0.4, -0.2) is 54.7 Å². The number of hydrogen-bond donors (Lipinski definition) is 4. The second-order valence-corrected chi connectivity index (χ2v) is 6.14. The quantitative estimate of drug-likeness (QED) is 0.287. The summed E-state index contributed by atoms with van der Waals surface area (Å²) in [7, 11) is -5.44. The van der Waals surface area contributed by atoms with Crippen molar-refractivity contribution < 1.29 is 63.4 Å². The Bertz CT molecular complexity index is 867. The third kappa shape index (κ3) is 3.95. The number of aromatic nitrogens is 4. The molecule has 0 aromatic carbocycles. The molecule has 15 heteroatoms. The Balaban J connectivity index is 0.00000225. The number of nitrogens with one attached hydrogen (secondary N) is 1. The molecule has 13 nitrogen and oxygen atoms in total. The summed E-state index contributed by atoms with van der Waals surface area (Å²) in [6, 6.07) is 0. The predicted molar refractivity (Wildman–Crippen MR) is 72.0 cm³/mol. The van der Waals surface area contributed by atoms with Crippen LogP contribution in [0.2, 0.25) is 0 Å². The Kier molecular flexibility index (Phi) is 6.06. The first-order valence-corrected chi connectivity index (χ1v) is 8.04. The largest absolute Gasteiger partial charge is 1.00 e. The number of ether oxygens (including phenoxy) is 1. The number of nitrogens with two attached hydrogens (primary N) is 1. The van der Waals surface area contributed by atoms with Crippen molar-refractivity contribution in [3.8, 4) is 0 Å². The number of phosphoric acid groups is 1. The monoisotopic (exact) mass is 384 g/mol. The van der Waals surface area contributed by atoms with Crippen molar-refractivity contribution in [2.24, 2.45) is 0 Å². The summed E-state index contributed by atoms with van der Waals surface area (Å²) in [4.78, 5) is 43.3. The number of H-pyrrole nitrogens is 1. The summed E-state index contributed by atoms with van der Waals surface area (Å²) in [5.74, 6) is -0.211. The molecule has 5 N–H and O–H groups in total. The molecule has 1 aliphatic rings. The van der Waals surface area contributed by atoms with Crippen molar-refractivity contribution in [3.63, 3.8) is 0 Å². The second-order valence-electron chi connectivity index (χ2n) is 5.03. The third-order valence-corrected chi connectivity index (χ3v) is 3.97. The van der Waals surface area contributed by atoms with Crippen molar-refractivity contribution in [2.75, 3.05) is 12.3 Å². The van der Waals surface area contributed by atoms with Gasteiger partial charge in [-0.1, -0.05) is 0 Å². The molecule has 0 radical (unpaired) electrons. The van der Waals surface area contributed by atoms with Gasteiger partial charge in [0.2, 0.25) is 5.95 Å². The predicted octanol–water partition coefficient (Wildman–Crippen LogP) is -6.83. The molecule has 0 saturated carbocycles. The van der Waals surface area contributed by atoms with Gasteiger partial charge < -0.3 is 39.6 Å². The molecule has 0 spiro atoms. The summed E-state index contributed by atoms with van der Waals surface area (Å²) < 4.78 is 21.5. The van der Waals surface area contributed by atoms with E-state index in [1.54, 1.807) is 0 Å². The molecule has 1 saturated heterocycles. The van der Waals surface area contributed by atoms with E-state index in [0.717, 1.165) is 10.9 Å². The maximum Gasteiger partial charge on any atom is 1.00 e. The van der Waals surface area contributed by atoms with Gasteiger partial charge in [-0.15, -0.1) is 0 Å². The molecule has 2 aromatic heterocycles. The molecule has 0 unspecified atom stereocenters. The van der Waals surface area contributed by atoms with Crippen LogP contribution in [0, 0.1) is 0 Å². The Hall–Kier alpha value is -0.860. The van der Waals surface area contributed by atoms with Crippen LogP contribution in [0.1, 0.15) is 6.23 Å². The molecule has 132 valence electrons. The van der Waals surface area contributed by atoms with Crippen LogP contribution in [0.25, 0.3) is 11.2 Å². The Morgan fingerprint density at radius 3 is 2.80 bits per heavy atom. The van der Waals surface area contributed by atoms with E-state index in [0.29, 0.717) is 0 Å². The zero-order chi connectivity index (χ0) is 17.6. The molecule has 1 fully saturated rings. The molecular formula is C10H12N5NaO8P-. The minimum absolute atomic E-state index is 0. The molecule has 25 heavy (non-hydrogen) atoms. The molecule has 4 atom stereocenters. The number of fused-ring (bicyclic) bond motifs is 1. The van der Waals surface area contributed by atoms with E-state index in [2.05, 4.69) is 19.5 Å². The van der Waals surface area contributed by atoms with Crippen LogP contribution in [-0.2, 0) is 13.8 Å². The smallest absolute Gasteiger partial charge is 0.790 e. The van der Waals surface area contributed by atoms with E-state index in [1.807, 2.05) is 0 Å². The van der Waals surface area contributed by atoms with Crippen molar-refractivity contribution in [2.45, 2.75) is 24.5 Å². The van der Waals surface area contributed by atoms with Gasteiger partial charge in [0.05, 0.1) is 20.8 Å². The van der Waals surface area contributed by atoms with Crippen LogP contribution in [0.5, 0.6) is 0 Å². The summed E-state index contributed by atoms with van der Waals surface area (Å²) in [5, 5.41) is 19.5. The van der Waals surface area contributed by atoms with Crippen molar-refractivity contribution in [1.82, 2.24) is 19.5 Å². The minimum atomic E-state index is -5.44. The number of nitrogens with zero attached hydrogens (tertiary/aromatic N) is 3. The minimum Gasteiger partial charge on any atom is -0.790 e. The van der Waals surface area contributed by atoms with Crippen LogP contribution in [0.4, 0.5) is 5.95 Å². The van der Waals surface area contributed by atoms with Gasteiger partial charge in [0.1, 0.15) is 18.3 Å². The Morgan fingerprint density at radius 1 is 1.52 bits per heavy atom. The normalized spacial score (nSPS) is 26.7. The Morgan fingerprint density at radius 2 is 2.20 bits per heavy atom. The average Bonchev–Trinajstić information content (AvgIpc) is 3.00. The van der Waals surface area contributed by atoms with Gasteiger partial charge in [-0.3, -0.25) is 14.3 Å². The molecule has 0 amide bonds. The van der Waals surface area contributed by atoms with E-state index < -0.39 is 44.5 Å². The van der Waals surface area contributed by atoms with Crippen molar-refractivity contribution in [1.29, 1.82) is 0 Å². The SMILES string of the molecule is Nc1nc2c(ncn2[C@@H]2O[C@H](CO)[C@@H](OP(=O)([O-])[O-])[C@H]2O)c(=O)[nH]1.[Na+]. The van der Waals surface area contributed by atoms with E-state index in [9.17, 15) is 29.4 Å². The van der Waals surface area contributed by atoms with Crippen LogP contribution in [0.3, 0.4) is 0 Å². The van der Waals surface area contributed by atoms with E-state index in [-0.39, 0.29) is 46.7 Å².